The smallest absolute Gasteiger partial charge is 0.317 e. The zero-order valence-electron chi connectivity index (χ0n) is 13.7. The van der Waals surface area contributed by atoms with E-state index in [1.165, 1.54) is 16.8 Å². The number of aromatic nitrogens is 2. The van der Waals surface area contributed by atoms with E-state index >= 15 is 0 Å². The third kappa shape index (κ3) is 4.56. The molecule has 8 heteroatoms. The number of hydrogen-bond acceptors (Lipinski definition) is 3. The summed E-state index contributed by atoms with van der Waals surface area (Å²) in [5.41, 5.74) is 0.783. The summed E-state index contributed by atoms with van der Waals surface area (Å²) in [6.07, 6.45) is 3.78. The summed E-state index contributed by atoms with van der Waals surface area (Å²) in [5.74, 6) is -0.502. The van der Waals surface area contributed by atoms with Gasteiger partial charge in [0.2, 0.25) is 5.91 Å². The van der Waals surface area contributed by atoms with Crippen molar-refractivity contribution in [1.82, 2.24) is 25.3 Å². The van der Waals surface area contributed by atoms with E-state index in [0.29, 0.717) is 26.1 Å². The molecule has 7 nitrogen and oxygen atoms in total. The van der Waals surface area contributed by atoms with Crippen LogP contribution in [0.2, 0.25) is 0 Å². The molecule has 3 rings (SSSR count). The third-order valence-corrected chi connectivity index (χ3v) is 4.09. The molecule has 1 saturated heterocycles. The third-order valence-electron chi connectivity index (χ3n) is 4.09. The largest absolute Gasteiger partial charge is 0.352 e. The van der Waals surface area contributed by atoms with E-state index in [1.54, 1.807) is 29.4 Å². The first-order chi connectivity index (χ1) is 12.1. The van der Waals surface area contributed by atoms with Gasteiger partial charge >= 0.3 is 6.03 Å². The quantitative estimate of drug-likeness (QED) is 0.778. The van der Waals surface area contributed by atoms with Crippen molar-refractivity contribution in [2.45, 2.75) is 19.0 Å². The molecule has 2 N–H and O–H groups in total. The molecular weight excluding hydrogens is 325 g/mol. The summed E-state index contributed by atoms with van der Waals surface area (Å²) in [7, 11) is 0. The Balaban J connectivity index is 1.63. The number of halogens is 1. The number of carbonyl (C=O) groups excluding carboxylic acids is 2. The Hall–Kier alpha value is -2.90. The van der Waals surface area contributed by atoms with Crippen LogP contribution in [0.5, 0.6) is 0 Å². The Morgan fingerprint density at radius 3 is 2.96 bits per heavy atom. The van der Waals surface area contributed by atoms with Crippen molar-refractivity contribution >= 4 is 11.9 Å². The van der Waals surface area contributed by atoms with Crippen LogP contribution in [0, 0.1) is 5.82 Å². The fourth-order valence-electron chi connectivity index (χ4n) is 2.89. The Morgan fingerprint density at radius 1 is 1.40 bits per heavy atom. The lowest BCUT2D eigenvalue weighted by atomic mass is 10.0. The highest BCUT2D eigenvalue weighted by atomic mass is 19.1. The van der Waals surface area contributed by atoms with Gasteiger partial charge in [0.15, 0.2) is 0 Å². The fraction of sp³-hybridized carbons (Fsp3) is 0.353. The second kappa shape index (κ2) is 7.78. The van der Waals surface area contributed by atoms with Crippen LogP contribution in [0.25, 0.3) is 0 Å². The molecule has 0 spiro atoms. The summed E-state index contributed by atoms with van der Waals surface area (Å²) in [6.45, 7) is 1.55. The molecule has 132 valence electrons. The summed E-state index contributed by atoms with van der Waals surface area (Å²) >= 11 is 0. The summed E-state index contributed by atoms with van der Waals surface area (Å²) in [4.78, 5) is 25.7. The van der Waals surface area contributed by atoms with Gasteiger partial charge in [-0.3, -0.25) is 9.48 Å². The lowest BCUT2D eigenvalue weighted by Crippen LogP contribution is -2.47. The number of carbonyl (C=O) groups is 2. The molecule has 1 aliphatic rings. The van der Waals surface area contributed by atoms with Gasteiger partial charge in [0.1, 0.15) is 12.4 Å². The van der Waals surface area contributed by atoms with Crippen molar-refractivity contribution in [2.75, 3.05) is 19.6 Å². The zero-order valence-corrected chi connectivity index (χ0v) is 13.7. The molecule has 0 radical (unpaired) electrons. The summed E-state index contributed by atoms with van der Waals surface area (Å²) in [6, 6.07) is 7.62. The van der Waals surface area contributed by atoms with Crippen molar-refractivity contribution in [3.63, 3.8) is 0 Å². The normalized spacial score (nSPS) is 15.1. The van der Waals surface area contributed by atoms with Crippen LogP contribution < -0.4 is 10.6 Å². The Bertz CT molecular complexity index is 734. The van der Waals surface area contributed by atoms with E-state index in [2.05, 4.69) is 15.7 Å². The highest BCUT2D eigenvalue weighted by Gasteiger charge is 2.28. The molecule has 25 heavy (non-hydrogen) atoms. The van der Waals surface area contributed by atoms with Crippen molar-refractivity contribution in [3.8, 4) is 0 Å². The van der Waals surface area contributed by atoms with Gasteiger partial charge in [-0.2, -0.15) is 5.10 Å². The van der Waals surface area contributed by atoms with E-state index < -0.39 is 0 Å². The molecule has 1 aliphatic heterocycles. The van der Waals surface area contributed by atoms with Crippen LogP contribution in [0.3, 0.4) is 0 Å². The SMILES string of the molecule is O=C(Cn1cccn1)NC[C@@H](Cc1cccc(F)c1)N1CCNC1=O. The first-order valence-corrected chi connectivity index (χ1v) is 8.15. The first-order valence-electron chi connectivity index (χ1n) is 8.15. The summed E-state index contributed by atoms with van der Waals surface area (Å²) in [5, 5.41) is 9.59. The predicted octanol–water partition coefficient (Wildman–Crippen LogP) is 0.775. The van der Waals surface area contributed by atoms with Crippen molar-refractivity contribution in [3.05, 3.63) is 54.1 Å². The van der Waals surface area contributed by atoms with Gasteiger partial charge in [-0.15, -0.1) is 0 Å². The highest BCUT2D eigenvalue weighted by molar-refractivity contribution is 5.77. The standard InChI is InChI=1S/C17H20FN5O2/c18-14-4-1-3-13(9-14)10-15(23-8-6-19-17(23)25)11-20-16(24)12-22-7-2-5-21-22/h1-5,7,9,15H,6,8,10-12H2,(H,19,25)(H,20,24)/t15-/m1/s1. The second-order valence-electron chi connectivity index (χ2n) is 5.92. The first kappa shape index (κ1) is 16.9. The highest BCUT2D eigenvalue weighted by Crippen LogP contribution is 2.12. The lowest BCUT2D eigenvalue weighted by molar-refractivity contribution is -0.122. The van der Waals surface area contributed by atoms with E-state index in [-0.39, 0.29) is 30.3 Å². The number of benzene rings is 1. The number of urea groups is 1. The van der Waals surface area contributed by atoms with E-state index in [9.17, 15) is 14.0 Å². The van der Waals surface area contributed by atoms with Gasteiger partial charge in [0.25, 0.3) is 0 Å². The molecule has 1 atom stereocenters. The average Bonchev–Trinajstić information content (AvgIpc) is 3.23. The summed E-state index contributed by atoms with van der Waals surface area (Å²) < 4.78 is 15.0. The molecule has 1 aromatic carbocycles. The van der Waals surface area contributed by atoms with Gasteiger partial charge in [-0.05, 0) is 30.2 Å². The maximum Gasteiger partial charge on any atom is 0.317 e. The van der Waals surface area contributed by atoms with Gasteiger partial charge in [-0.25, -0.2) is 9.18 Å². The van der Waals surface area contributed by atoms with Crippen molar-refractivity contribution in [2.24, 2.45) is 0 Å². The molecule has 0 saturated carbocycles. The molecule has 2 heterocycles. The monoisotopic (exact) mass is 345 g/mol. The van der Waals surface area contributed by atoms with Crippen LogP contribution in [0.1, 0.15) is 5.56 Å². The topological polar surface area (TPSA) is 79.3 Å². The molecule has 1 aromatic heterocycles. The van der Waals surface area contributed by atoms with Crippen LogP contribution in [-0.4, -0.2) is 52.3 Å². The van der Waals surface area contributed by atoms with E-state index in [4.69, 9.17) is 0 Å². The number of nitrogens with one attached hydrogen (secondary N) is 2. The van der Waals surface area contributed by atoms with Gasteiger partial charge in [0.05, 0.1) is 6.04 Å². The number of hydrogen-bond donors (Lipinski definition) is 2. The van der Waals surface area contributed by atoms with Gasteiger partial charge < -0.3 is 15.5 Å². The Labute approximate surface area is 144 Å². The van der Waals surface area contributed by atoms with E-state index in [1.807, 2.05) is 6.07 Å². The number of rotatable bonds is 7. The minimum Gasteiger partial charge on any atom is -0.352 e. The fourth-order valence-corrected chi connectivity index (χ4v) is 2.89. The minimum absolute atomic E-state index is 0.117. The second-order valence-corrected chi connectivity index (χ2v) is 5.92. The molecular formula is C17H20FN5O2. The molecule has 1 fully saturated rings. The Morgan fingerprint density at radius 2 is 2.28 bits per heavy atom. The van der Waals surface area contributed by atoms with Gasteiger partial charge in [0, 0.05) is 32.0 Å². The molecule has 3 amide bonds. The minimum atomic E-state index is -0.315. The molecule has 0 unspecified atom stereocenters. The number of nitrogens with zero attached hydrogens (tertiary/aromatic N) is 3. The average molecular weight is 345 g/mol. The van der Waals surface area contributed by atoms with Crippen LogP contribution in [-0.2, 0) is 17.8 Å². The number of amides is 3. The maximum absolute atomic E-state index is 13.4. The van der Waals surface area contributed by atoms with Crippen LogP contribution in [0.15, 0.2) is 42.7 Å². The lowest BCUT2D eigenvalue weighted by Gasteiger charge is -2.27. The molecule has 0 bridgehead atoms. The maximum atomic E-state index is 13.4. The van der Waals surface area contributed by atoms with Crippen LogP contribution in [0.4, 0.5) is 9.18 Å². The predicted molar refractivity (Wildman–Crippen MR) is 89.2 cm³/mol. The molecule has 2 aromatic rings. The van der Waals surface area contributed by atoms with E-state index in [0.717, 1.165) is 5.56 Å². The zero-order chi connectivity index (χ0) is 17.6. The van der Waals surface area contributed by atoms with Crippen molar-refractivity contribution in [1.29, 1.82) is 0 Å². The molecule has 0 aliphatic carbocycles. The Kier molecular flexibility index (Phi) is 5.27. The van der Waals surface area contributed by atoms with Crippen molar-refractivity contribution < 1.29 is 14.0 Å². The van der Waals surface area contributed by atoms with Crippen LogP contribution >= 0.6 is 0 Å². The van der Waals surface area contributed by atoms with Gasteiger partial charge in [-0.1, -0.05) is 12.1 Å².